The Labute approximate surface area is 129 Å². The van der Waals surface area contributed by atoms with E-state index in [1.165, 1.54) is 12.5 Å². The number of carbonyl (C=O) groups excluding carboxylic acids is 1. The topological polar surface area (TPSA) is 66.4 Å². The summed E-state index contributed by atoms with van der Waals surface area (Å²) >= 11 is 6.04. The number of hydrogen-bond acceptors (Lipinski definition) is 2. The zero-order chi connectivity index (χ0) is 15.7. The Morgan fingerprint density at radius 3 is 2.67 bits per heavy atom. The molecular formula is C16H20ClNO3. The van der Waals surface area contributed by atoms with Crippen molar-refractivity contribution in [3.8, 4) is 0 Å². The molecule has 0 aliphatic rings. The molecule has 4 nitrogen and oxygen atoms in total. The highest BCUT2D eigenvalue weighted by atomic mass is 35.5. The van der Waals surface area contributed by atoms with Gasteiger partial charge in [0.2, 0.25) is 0 Å². The summed E-state index contributed by atoms with van der Waals surface area (Å²) in [5.41, 5.74) is 1.04. The number of hydrogen-bond donors (Lipinski definition) is 2. The average molecular weight is 310 g/mol. The molecule has 0 aliphatic carbocycles. The van der Waals surface area contributed by atoms with E-state index in [0.717, 1.165) is 25.3 Å². The summed E-state index contributed by atoms with van der Waals surface area (Å²) in [6.07, 6.45) is 6.82. The summed E-state index contributed by atoms with van der Waals surface area (Å²) in [7, 11) is 0. The highest BCUT2D eigenvalue weighted by Gasteiger charge is 2.07. The Kier molecular flexibility index (Phi) is 7.54. The van der Waals surface area contributed by atoms with Gasteiger partial charge in [-0.1, -0.05) is 43.9 Å². The second-order valence-corrected chi connectivity index (χ2v) is 5.13. The number of nitrogens with one attached hydrogen (secondary N) is 1. The Bertz CT molecular complexity index is 526. The van der Waals surface area contributed by atoms with Crippen molar-refractivity contribution in [2.45, 2.75) is 32.6 Å². The molecule has 1 amide bonds. The molecule has 1 aromatic carbocycles. The maximum atomic E-state index is 11.9. The fourth-order valence-electron chi connectivity index (χ4n) is 1.82. The SMILES string of the molecule is CCCCCCNC(=O)c1ccc(/C=C/C(=O)O)c(Cl)c1. The van der Waals surface area contributed by atoms with Gasteiger partial charge in [-0.2, -0.15) is 0 Å². The third kappa shape index (κ3) is 6.45. The van der Waals surface area contributed by atoms with Gasteiger partial charge in [-0.25, -0.2) is 4.79 Å². The number of aliphatic carboxylic acids is 1. The van der Waals surface area contributed by atoms with Crippen LogP contribution in [0, 0.1) is 0 Å². The van der Waals surface area contributed by atoms with E-state index in [-0.39, 0.29) is 5.91 Å². The fraction of sp³-hybridized carbons (Fsp3) is 0.375. The van der Waals surface area contributed by atoms with Gasteiger partial charge in [0, 0.05) is 23.2 Å². The molecule has 1 aromatic rings. The third-order valence-corrected chi connectivity index (χ3v) is 3.31. The van der Waals surface area contributed by atoms with Crippen LogP contribution in [-0.2, 0) is 4.79 Å². The molecule has 2 N–H and O–H groups in total. The number of carboxylic acid groups (broad SMARTS) is 1. The van der Waals surface area contributed by atoms with Gasteiger partial charge in [-0.05, 0) is 30.2 Å². The van der Waals surface area contributed by atoms with Crippen LogP contribution in [0.25, 0.3) is 6.08 Å². The van der Waals surface area contributed by atoms with Crippen LogP contribution in [0.5, 0.6) is 0 Å². The molecule has 0 aliphatic heterocycles. The minimum atomic E-state index is -1.04. The summed E-state index contributed by atoms with van der Waals surface area (Å²) in [4.78, 5) is 22.4. The molecule has 0 bridgehead atoms. The van der Waals surface area contributed by atoms with Crippen molar-refractivity contribution in [1.29, 1.82) is 0 Å². The average Bonchev–Trinajstić information content (AvgIpc) is 2.45. The van der Waals surface area contributed by atoms with Crippen molar-refractivity contribution in [2.75, 3.05) is 6.54 Å². The second-order valence-electron chi connectivity index (χ2n) is 4.72. The van der Waals surface area contributed by atoms with Crippen LogP contribution in [-0.4, -0.2) is 23.5 Å². The monoisotopic (exact) mass is 309 g/mol. The number of carboxylic acids is 1. The van der Waals surface area contributed by atoms with E-state index in [4.69, 9.17) is 16.7 Å². The number of carbonyl (C=O) groups is 2. The molecule has 0 spiro atoms. The first-order valence-electron chi connectivity index (χ1n) is 7.03. The number of unbranched alkanes of at least 4 members (excludes halogenated alkanes) is 3. The van der Waals surface area contributed by atoms with Gasteiger partial charge in [-0.15, -0.1) is 0 Å². The molecular weight excluding hydrogens is 290 g/mol. The first kappa shape index (κ1) is 17.2. The largest absolute Gasteiger partial charge is 0.478 e. The van der Waals surface area contributed by atoms with Crippen LogP contribution >= 0.6 is 11.6 Å². The number of amides is 1. The zero-order valence-electron chi connectivity index (χ0n) is 12.1. The van der Waals surface area contributed by atoms with E-state index >= 15 is 0 Å². The Morgan fingerprint density at radius 1 is 1.29 bits per heavy atom. The summed E-state index contributed by atoms with van der Waals surface area (Å²) in [5, 5.41) is 11.8. The van der Waals surface area contributed by atoms with Crippen molar-refractivity contribution in [3.05, 3.63) is 40.4 Å². The molecule has 0 radical (unpaired) electrons. The zero-order valence-corrected chi connectivity index (χ0v) is 12.8. The molecule has 5 heteroatoms. The molecule has 0 heterocycles. The standard InChI is InChI=1S/C16H20ClNO3/c1-2-3-4-5-10-18-16(21)13-7-6-12(14(17)11-13)8-9-15(19)20/h6-9,11H,2-5,10H2,1H3,(H,18,21)(H,19,20)/b9-8+. The highest BCUT2D eigenvalue weighted by Crippen LogP contribution is 2.19. The predicted molar refractivity (Wildman–Crippen MR) is 84.6 cm³/mol. The summed E-state index contributed by atoms with van der Waals surface area (Å²) in [6, 6.07) is 4.81. The number of halogens is 1. The maximum absolute atomic E-state index is 11.9. The highest BCUT2D eigenvalue weighted by molar-refractivity contribution is 6.32. The van der Waals surface area contributed by atoms with Gasteiger partial charge in [0.25, 0.3) is 5.91 Å². The Hall–Kier alpha value is -1.81. The quantitative estimate of drug-likeness (QED) is 0.568. The van der Waals surface area contributed by atoms with Gasteiger partial charge >= 0.3 is 5.97 Å². The predicted octanol–water partition coefficient (Wildman–Crippen LogP) is 3.75. The first-order chi connectivity index (χ1) is 10.0. The van der Waals surface area contributed by atoms with Crippen molar-refractivity contribution < 1.29 is 14.7 Å². The lowest BCUT2D eigenvalue weighted by atomic mass is 10.1. The Morgan fingerprint density at radius 2 is 2.05 bits per heavy atom. The molecule has 114 valence electrons. The van der Waals surface area contributed by atoms with Crippen molar-refractivity contribution in [1.82, 2.24) is 5.32 Å². The van der Waals surface area contributed by atoms with Crippen LogP contribution in [0.1, 0.15) is 48.5 Å². The van der Waals surface area contributed by atoms with Crippen LogP contribution in [0.15, 0.2) is 24.3 Å². The third-order valence-electron chi connectivity index (χ3n) is 2.98. The van der Waals surface area contributed by atoms with Crippen LogP contribution < -0.4 is 5.32 Å². The minimum Gasteiger partial charge on any atom is -0.478 e. The van der Waals surface area contributed by atoms with Crippen molar-refractivity contribution >= 4 is 29.6 Å². The minimum absolute atomic E-state index is 0.165. The van der Waals surface area contributed by atoms with Gasteiger partial charge in [-0.3, -0.25) is 4.79 Å². The first-order valence-corrected chi connectivity index (χ1v) is 7.41. The summed E-state index contributed by atoms with van der Waals surface area (Å²) < 4.78 is 0. The molecule has 21 heavy (non-hydrogen) atoms. The lowest BCUT2D eigenvalue weighted by Crippen LogP contribution is -2.24. The lowest BCUT2D eigenvalue weighted by Gasteiger charge is -2.06. The summed E-state index contributed by atoms with van der Waals surface area (Å²) in [6.45, 7) is 2.79. The molecule has 0 unspecified atom stereocenters. The van der Waals surface area contributed by atoms with Crippen molar-refractivity contribution in [3.63, 3.8) is 0 Å². The molecule has 0 aromatic heterocycles. The van der Waals surface area contributed by atoms with Crippen molar-refractivity contribution in [2.24, 2.45) is 0 Å². The van der Waals surface area contributed by atoms with Crippen LogP contribution in [0.3, 0.4) is 0 Å². The lowest BCUT2D eigenvalue weighted by molar-refractivity contribution is -0.131. The second kappa shape index (κ2) is 9.19. The van der Waals surface area contributed by atoms with E-state index in [2.05, 4.69) is 12.2 Å². The normalized spacial score (nSPS) is 10.8. The van der Waals surface area contributed by atoms with Gasteiger partial charge in [0.15, 0.2) is 0 Å². The van der Waals surface area contributed by atoms with E-state index in [0.29, 0.717) is 22.7 Å². The van der Waals surface area contributed by atoms with E-state index in [9.17, 15) is 9.59 Å². The fourth-order valence-corrected chi connectivity index (χ4v) is 2.06. The number of benzene rings is 1. The number of rotatable bonds is 8. The molecule has 0 fully saturated rings. The summed E-state index contributed by atoms with van der Waals surface area (Å²) in [5.74, 6) is -1.21. The molecule has 0 saturated heterocycles. The van der Waals surface area contributed by atoms with Gasteiger partial charge in [0.05, 0.1) is 0 Å². The Balaban J connectivity index is 2.57. The van der Waals surface area contributed by atoms with E-state index in [1.807, 2.05) is 0 Å². The molecule has 0 atom stereocenters. The van der Waals surface area contributed by atoms with Crippen LogP contribution in [0.4, 0.5) is 0 Å². The van der Waals surface area contributed by atoms with E-state index < -0.39 is 5.97 Å². The van der Waals surface area contributed by atoms with Gasteiger partial charge < -0.3 is 10.4 Å². The van der Waals surface area contributed by atoms with E-state index in [1.54, 1.807) is 18.2 Å². The van der Waals surface area contributed by atoms with Gasteiger partial charge in [0.1, 0.15) is 0 Å². The smallest absolute Gasteiger partial charge is 0.328 e. The molecule has 0 saturated carbocycles. The maximum Gasteiger partial charge on any atom is 0.328 e. The molecule has 1 rings (SSSR count). The van der Waals surface area contributed by atoms with Crippen LogP contribution in [0.2, 0.25) is 5.02 Å².